The van der Waals surface area contributed by atoms with E-state index >= 15 is 0 Å². The van der Waals surface area contributed by atoms with Crippen LogP contribution in [0.4, 0.5) is 0 Å². The summed E-state index contributed by atoms with van der Waals surface area (Å²) in [6.45, 7) is 7.35. The second-order valence-corrected chi connectivity index (χ2v) is 4.09. The lowest BCUT2D eigenvalue weighted by Gasteiger charge is -2.33. The van der Waals surface area contributed by atoms with E-state index in [1.54, 1.807) is 0 Å². The summed E-state index contributed by atoms with van der Waals surface area (Å²) in [5.74, 6) is 0. The van der Waals surface area contributed by atoms with Gasteiger partial charge in [0.25, 0.3) is 0 Å². The molecule has 1 nitrogen and oxygen atoms in total. The Kier molecular flexibility index (Phi) is 4.67. The van der Waals surface area contributed by atoms with Crippen molar-refractivity contribution in [3.8, 4) is 0 Å². The van der Waals surface area contributed by atoms with E-state index < -0.39 is 0 Å². The zero-order chi connectivity index (χ0) is 8.81. The van der Waals surface area contributed by atoms with Crippen molar-refractivity contribution in [2.45, 2.75) is 58.4 Å². The molecule has 0 N–H and O–H groups in total. The fourth-order valence-electron chi connectivity index (χ4n) is 2.05. The van der Waals surface area contributed by atoms with Gasteiger partial charge in [-0.3, -0.25) is 0 Å². The molecule has 0 aliphatic carbocycles. The second-order valence-electron chi connectivity index (χ2n) is 4.09. The van der Waals surface area contributed by atoms with Gasteiger partial charge in [0.15, 0.2) is 0 Å². The first-order valence-corrected chi connectivity index (χ1v) is 5.58. The van der Waals surface area contributed by atoms with Crippen molar-refractivity contribution in [1.82, 2.24) is 4.90 Å². The van der Waals surface area contributed by atoms with Gasteiger partial charge in [-0.2, -0.15) is 0 Å². The number of likely N-dealkylation sites (tertiary alicyclic amines) is 1. The van der Waals surface area contributed by atoms with E-state index in [0.29, 0.717) is 0 Å². The SMILES string of the molecule is CCCCCN1CCCC[C@@H]1C. The van der Waals surface area contributed by atoms with E-state index in [9.17, 15) is 0 Å². The van der Waals surface area contributed by atoms with E-state index in [0.717, 1.165) is 6.04 Å². The Bertz CT molecular complexity index is 112. The summed E-state index contributed by atoms with van der Waals surface area (Å²) < 4.78 is 0. The first-order valence-electron chi connectivity index (χ1n) is 5.58. The number of nitrogens with zero attached hydrogens (tertiary/aromatic N) is 1. The normalized spacial score (nSPS) is 26.0. The average molecular weight is 169 g/mol. The highest BCUT2D eigenvalue weighted by atomic mass is 15.1. The molecule has 1 saturated heterocycles. The molecule has 0 saturated carbocycles. The van der Waals surface area contributed by atoms with Gasteiger partial charge in [-0.1, -0.05) is 26.2 Å². The molecule has 12 heavy (non-hydrogen) atoms. The molecule has 0 amide bonds. The van der Waals surface area contributed by atoms with Crippen molar-refractivity contribution >= 4 is 0 Å². The van der Waals surface area contributed by atoms with E-state index in [4.69, 9.17) is 0 Å². The fourth-order valence-corrected chi connectivity index (χ4v) is 2.05. The molecule has 0 aromatic rings. The molecule has 1 rings (SSSR count). The first kappa shape index (κ1) is 10.0. The molecule has 1 atom stereocenters. The molecule has 0 spiro atoms. The summed E-state index contributed by atoms with van der Waals surface area (Å²) in [6, 6.07) is 0.857. The monoisotopic (exact) mass is 169 g/mol. The average Bonchev–Trinajstić information content (AvgIpc) is 2.09. The van der Waals surface area contributed by atoms with E-state index in [2.05, 4.69) is 18.7 Å². The lowest BCUT2D eigenvalue weighted by molar-refractivity contribution is 0.158. The van der Waals surface area contributed by atoms with Crippen molar-refractivity contribution in [3.05, 3.63) is 0 Å². The molecule has 1 fully saturated rings. The number of unbranched alkanes of at least 4 members (excludes halogenated alkanes) is 2. The van der Waals surface area contributed by atoms with Crippen molar-refractivity contribution in [1.29, 1.82) is 0 Å². The predicted octanol–water partition coefficient (Wildman–Crippen LogP) is 3.05. The molecular formula is C11H23N. The van der Waals surface area contributed by atoms with E-state index in [1.807, 2.05) is 0 Å². The molecule has 72 valence electrons. The van der Waals surface area contributed by atoms with Crippen LogP contribution in [0.5, 0.6) is 0 Å². The van der Waals surface area contributed by atoms with Crippen LogP contribution in [-0.4, -0.2) is 24.0 Å². The molecule has 0 unspecified atom stereocenters. The van der Waals surface area contributed by atoms with Gasteiger partial charge in [0.05, 0.1) is 0 Å². The van der Waals surface area contributed by atoms with Crippen LogP contribution in [0.2, 0.25) is 0 Å². The maximum Gasteiger partial charge on any atom is 0.00669 e. The van der Waals surface area contributed by atoms with Gasteiger partial charge >= 0.3 is 0 Å². The zero-order valence-corrected chi connectivity index (χ0v) is 8.68. The van der Waals surface area contributed by atoms with Gasteiger partial charge in [-0.25, -0.2) is 0 Å². The fraction of sp³-hybridized carbons (Fsp3) is 1.00. The minimum atomic E-state index is 0.857. The maximum absolute atomic E-state index is 2.67. The number of piperidine rings is 1. The van der Waals surface area contributed by atoms with E-state index in [-0.39, 0.29) is 0 Å². The van der Waals surface area contributed by atoms with Crippen molar-refractivity contribution < 1.29 is 0 Å². The molecule has 1 aliphatic rings. The minimum Gasteiger partial charge on any atom is -0.301 e. The van der Waals surface area contributed by atoms with E-state index in [1.165, 1.54) is 51.6 Å². The van der Waals surface area contributed by atoms with Crippen molar-refractivity contribution in [3.63, 3.8) is 0 Å². The first-order chi connectivity index (χ1) is 5.84. The Balaban J connectivity index is 2.11. The third kappa shape index (κ3) is 3.14. The molecule has 1 heteroatoms. The summed E-state index contributed by atoms with van der Waals surface area (Å²) >= 11 is 0. The Morgan fingerprint density at radius 3 is 2.75 bits per heavy atom. The Morgan fingerprint density at radius 1 is 1.25 bits per heavy atom. The molecule has 0 bridgehead atoms. The van der Waals surface area contributed by atoms with Crippen LogP contribution in [0.15, 0.2) is 0 Å². The van der Waals surface area contributed by atoms with Gasteiger partial charge in [-0.05, 0) is 39.3 Å². The highest BCUT2D eigenvalue weighted by Crippen LogP contribution is 2.16. The lowest BCUT2D eigenvalue weighted by Crippen LogP contribution is -2.37. The van der Waals surface area contributed by atoms with Gasteiger partial charge in [-0.15, -0.1) is 0 Å². The molecule has 1 heterocycles. The lowest BCUT2D eigenvalue weighted by atomic mass is 10.0. The third-order valence-electron chi connectivity index (χ3n) is 2.99. The van der Waals surface area contributed by atoms with Crippen LogP contribution in [-0.2, 0) is 0 Å². The Hall–Kier alpha value is -0.0400. The van der Waals surface area contributed by atoms with Crippen LogP contribution in [0.3, 0.4) is 0 Å². The van der Waals surface area contributed by atoms with Gasteiger partial charge < -0.3 is 4.90 Å². The molecule has 0 radical (unpaired) electrons. The quantitative estimate of drug-likeness (QED) is 0.585. The number of rotatable bonds is 4. The number of hydrogen-bond donors (Lipinski definition) is 0. The number of hydrogen-bond acceptors (Lipinski definition) is 1. The van der Waals surface area contributed by atoms with Crippen LogP contribution in [0, 0.1) is 0 Å². The highest BCUT2D eigenvalue weighted by Gasteiger charge is 2.16. The highest BCUT2D eigenvalue weighted by molar-refractivity contribution is 4.72. The molecule has 1 aliphatic heterocycles. The third-order valence-corrected chi connectivity index (χ3v) is 2.99. The van der Waals surface area contributed by atoms with Crippen LogP contribution in [0.25, 0.3) is 0 Å². The topological polar surface area (TPSA) is 3.24 Å². The summed E-state index contributed by atoms with van der Waals surface area (Å²) in [5.41, 5.74) is 0. The van der Waals surface area contributed by atoms with Gasteiger partial charge in [0, 0.05) is 6.04 Å². The predicted molar refractivity (Wildman–Crippen MR) is 54.4 cm³/mol. The van der Waals surface area contributed by atoms with Crippen LogP contribution >= 0.6 is 0 Å². The van der Waals surface area contributed by atoms with Gasteiger partial charge in [0.1, 0.15) is 0 Å². The molecular weight excluding hydrogens is 146 g/mol. The Morgan fingerprint density at radius 2 is 2.08 bits per heavy atom. The maximum atomic E-state index is 2.67. The van der Waals surface area contributed by atoms with Crippen LogP contribution < -0.4 is 0 Å². The molecule has 0 aromatic carbocycles. The largest absolute Gasteiger partial charge is 0.301 e. The Labute approximate surface area is 77.1 Å². The second kappa shape index (κ2) is 5.58. The smallest absolute Gasteiger partial charge is 0.00669 e. The summed E-state index contributed by atoms with van der Waals surface area (Å²) in [5, 5.41) is 0. The summed E-state index contributed by atoms with van der Waals surface area (Å²) in [6.07, 6.45) is 8.46. The summed E-state index contributed by atoms with van der Waals surface area (Å²) in [4.78, 5) is 2.67. The van der Waals surface area contributed by atoms with Crippen molar-refractivity contribution in [2.75, 3.05) is 13.1 Å². The minimum absolute atomic E-state index is 0.857. The van der Waals surface area contributed by atoms with Crippen molar-refractivity contribution in [2.24, 2.45) is 0 Å². The summed E-state index contributed by atoms with van der Waals surface area (Å²) in [7, 11) is 0. The standard InChI is InChI=1S/C11H23N/c1-3-4-6-9-12-10-7-5-8-11(12)2/h11H,3-10H2,1-2H3/t11-/m0/s1. The zero-order valence-electron chi connectivity index (χ0n) is 8.68. The molecule has 0 aromatic heterocycles. The van der Waals surface area contributed by atoms with Crippen LogP contribution in [0.1, 0.15) is 52.4 Å². The van der Waals surface area contributed by atoms with Gasteiger partial charge in [0.2, 0.25) is 0 Å².